The molecule has 2 aromatic rings. The van der Waals surface area contributed by atoms with E-state index in [1.807, 2.05) is 0 Å². The van der Waals surface area contributed by atoms with Gasteiger partial charge in [0.05, 0.1) is 5.69 Å². The number of hydrogen-bond acceptors (Lipinski definition) is 4. The van der Waals surface area contributed by atoms with Crippen molar-refractivity contribution in [3.8, 4) is 11.3 Å². The molecule has 0 aliphatic carbocycles. The van der Waals surface area contributed by atoms with E-state index in [1.165, 1.54) is 29.3 Å². The minimum absolute atomic E-state index is 0.0401. The van der Waals surface area contributed by atoms with Gasteiger partial charge < -0.3 is 15.0 Å². The van der Waals surface area contributed by atoms with Gasteiger partial charge in [-0.1, -0.05) is 12.1 Å². The zero-order valence-corrected chi connectivity index (χ0v) is 17.1. The van der Waals surface area contributed by atoms with Gasteiger partial charge in [-0.05, 0) is 44.5 Å². The summed E-state index contributed by atoms with van der Waals surface area (Å²) in [5.41, 5.74) is 0.390. The molecule has 1 N–H and O–H groups in total. The number of halogens is 2. The smallest absolute Gasteiger partial charge is 0.408 e. The zero-order valence-electron chi connectivity index (χ0n) is 17.1. The number of alkyl carbamates (subject to hydrolysis) is 1. The van der Waals surface area contributed by atoms with Crippen molar-refractivity contribution in [2.75, 3.05) is 14.1 Å². The molecule has 8 heteroatoms. The molecule has 29 heavy (non-hydrogen) atoms. The summed E-state index contributed by atoms with van der Waals surface area (Å²) in [6, 6.07) is 7.02. The maximum absolute atomic E-state index is 13.9. The van der Waals surface area contributed by atoms with Gasteiger partial charge in [0, 0.05) is 37.8 Å². The summed E-state index contributed by atoms with van der Waals surface area (Å²) in [6.07, 6.45) is -0.219. The van der Waals surface area contributed by atoms with Crippen LogP contribution in [-0.2, 0) is 16.0 Å². The van der Waals surface area contributed by atoms with Crippen molar-refractivity contribution in [1.29, 1.82) is 0 Å². The molecular formula is C21H25F2N3O3. The van der Waals surface area contributed by atoms with Crippen molar-refractivity contribution in [3.63, 3.8) is 0 Å². The van der Waals surface area contributed by atoms with Gasteiger partial charge in [0.2, 0.25) is 0 Å². The maximum Gasteiger partial charge on any atom is 0.408 e. The second-order valence-electron chi connectivity index (χ2n) is 7.86. The Balaban J connectivity index is 2.19. The molecular weight excluding hydrogens is 380 g/mol. The Bertz CT molecular complexity index is 878. The van der Waals surface area contributed by atoms with Crippen LogP contribution in [-0.4, -0.2) is 47.6 Å². The highest BCUT2D eigenvalue weighted by atomic mass is 19.2. The van der Waals surface area contributed by atoms with Gasteiger partial charge >= 0.3 is 6.09 Å². The SMILES string of the molecule is CN(C)C(=O)C(Cc1ccc(-c2cccc(F)c2F)nc1)OC(=O)NC(C)(C)C. The van der Waals surface area contributed by atoms with Crippen LogP contribution < -0.4 is 5.32 Å². The van der Waals surface area contributed by atoms with Gasteiger partial charge in [-0.15, -0.1) is 0 Å². The molecule has 0 bridgehead atoms. The molecule has 1 atom stereocenters. The third kappa shape index (κ3) is 6.23. The van der Waals surface area contributed by atoms with E-state index in [2.05, 4.69) is 10.3 Å². The number of ether oxygens (including phenoxy) is 1. The van der Waals surface area contributed by atoms with E-state index in [0.29, 0.717) is 5.56 Å². The van der Waals surface area contributed by atoms with Crippen LogP contribution in [0.3, 0.4) is 0 Å². The fourth-order valence-corrected chi connectivity index (χ4v) is 2.55. The molecule has 0 aliphatic rings. The number of nitrogens with zero attached hydrogens (tertiary/aromatic N) is 2. The van der Waals surface area contributed by atoms with Crippen molar-refractivity contribution in [3.05, 3.63) is 53.7 Å². The molecule has 0 spiro atoms. The largest absolute Gasteiger partial charge is 0.436 e. The Hall–Kier alpha value is -3.03. The number of aromatic nitrogens is 1. The third-order valence-electron chi connectivity index (χ3n) is 3.92. The first kappa shape index (κ1) is 22.3. The molecule has 1 aromatic carbocycles. The fraction of sp³-hybridized carbons (Fsp3) is 0.381. The number of pyridine rings is 1. The summed E-state index contributed by atoms with van der Waals surface area (Å²) in [7, 11) is 3.13. The van der Waals surface area contributed by atoms with E-state index in [4.69, 9.17) is 4.74 Å². The lowest BCUT2D eigenvalue weighted by molar-refractivity contribution is -0.137. The maximum atomic E-state index is 13.9. The topological polar surface area (TPSA) is 71.5 Å². The van der Waals surface area contributed by atoms with E-state index < -0.39 is 29.4 Å². The average Bonchev–Trinajstić information content (AvgIpc) is 2.62. The van der Waals surface area contributed by atoms with E-state index in [1.54, 1.807) is 40.9 Å². The predicted molar refractivity (Wildman–Crippen MR) is 105 cm³/mol. The van der Waals surface area contributed by atoms with Crippen LogP contribution in [0.15, 0.2) is 36.5 Å². The lowest BCUT2D eigenvalue weighted by atomic mass is 10.1. The van der Waals surface area contributed by atoms with Crippen LogP contribution in [0.25, 0.3) is 11.3 Å². The third-order valence-corrected chi connectivity index (χ3v) is 3.92. The molecule has 0 saturated carbocycles. The summed E-state index contributed by atoms with van der Waals surface area (Å²) in [6.45, 7) is 5.39. The van der Waals surface area contributed by atoms with Gasteiger partial charge in [-0.3, -0.25) is 9.78 Å². The van der Waals surface area contributed by atoms with Crippen molar-refractivity contribution >= 4 is 12.0 Å². The zero-order chi connectivity index (χ0) is 21.8. The van der Waals surface area contributed by atoms with Crippen molar-refractivity contribution in [2.24, 2.45) is 0 Å². The van der Waals surface area contributed by atoms with E-state index >= 15 is 0 Å². The summed E-state index contributed by atoms with van der Waals surface area (Å²) < 4.78 is 32.7. The van der Waals surface area contributed by atoms with Gasteiger partial charge in [0.1, 0.15) is 0 Å². The van der Waals surface area contributed by atoms with Crippen molar-refractivity contribution in [1.82, 2.24) is 15.2 Å². The minimum Gasteiger partial charge on any atom is -0.436 e. The molecule has 1 aromatic heterocycles. The number of amides is 2. The number of likely N-dealkylation sites (N-methyl/N-ethyl adjacent to an activating group) is 1. The van der Waals surface area contributed by atoms with E-state index in [0.717, 1.165) is 6.07 Å². The highest BCUT2D eigenvalue weighted by Crippen LogP contribution is 2.23. The Morgan fingerprint density at radius 1 is 1.17 bits per heavy atom. The normalized spacial score (nSPS) is 12.2. The predicted octanol–water partition coefficient (Wildman–Crippen LogP) is 3.55. The Kier molecular flexibility index (Phi) is 6.89. The average molecular weight is 405 g/mol. The van der Waals surface area contributed by atoms with Crippen molar-refractivity contribution < 1.29 is 23.1 Å². The molecule has 1 unspecified atom stereocenters. The molecule has 2 rings (SSSR count). The minimum atomic E-state index is -1.05. The molecule has 2 amide bonds. The van der Waals surface area contributed by atoms with Crippen LogP contribution in [0, 0.1) is 11.6 Å². The molecule has 6 nitrogen and oxygen atoms in total. The summed E-state index contributed by atoms with van der Waals surface area (Å²) in [5, 5.41) is 2.65. The summed E-state index contributed by atoms with van der Waals surface area (Å²) in [5.74, 6) is -2.31. The van der Waals surface area contributed by atoms with Crippen LogP contribution in [0.1, 0.15) is 26.3 Å². The number of benzene rings is 1. The lowest BCUT2D eigenvalue weighted by Crippen LogP contribution is -2.46. The number of hydrogen-bond donors (Lipinski definition) is 1. The van der Waals surface area contributed by atoms with Gasteiger partial charge in [0.25, 0.3) is 5.91 Å². The first-order valence-electron chi connectivity index (χ1n) is 9.07. The Labute approximate surface area is 168 Å². The quantitative estimate of drug-likeness (QED) is 0.826. The van der Waals surface area contributed by atoms with Gasteiger partial charge in [-0.2, -0.15) is 0 Å². The second-order valence-corrected chi connectivity index (χ2v) is 7.86. The monoisotopic (exact) mass is 405 g/mol. The first-order chi connectivity index (χ1) is 13.5. The fourth-order valence-electron chi connectivity index (χ4n) is 2.55. The standard InChI is InChI=1S/C21H25F2N3O3/c1-21(2,3)25-20(28)29-17(19(27)26(4)5)11-13-9-10-16(24-12-13)14-7-6-8-15(22)18(14)23/h6-10,12,17H,11H2,1-5H3,(H,25,28). The molecule has 0 saturated heterocycles. The molecule has 156 valence electrons. The van der Waals surface area contributed by atoms with Gasteiger partial charge in [0.15, 0.2) is 17.7 Å². The van der Waals surface area contributed by atoms with Gasteiger partial charge in [-0.25, -0.2) is 13.6 Å². The van der Waals surface area contributed by atoms with E-state index in [9.17, 15) is 18.4 Å². The molecule has 1 heterocycles. The van der Waals surface area contributed by atoms with Crippen LogP contribution in [0.2, 0.25) is 0 Å². The summed E-state index contributed by atoms with van der Waals surface area (Å²) >= 11 is 0. The first-order valence-corrected chi connectivity index (χ1v) is 9.07. The number of rotatable bonds is 5. The molecule has 0 radical (unpaired) electrons. The second kappa shape index (κ2) is 8.98. The Morgan fingerprint density at radius 2 is 1.86 bits per heavy atom. The number of carbonyl (C=O) groups excluding carboxylic acids is 2. The van der Waals surface area contributed by atoms with Crippen LogP contribution in [0.4, 0.5) is 13.6 Å². The van der Waals surface area contributed by atoms with Crippen LogP contribution in [0.5, 0.6) is 0 Å². The Morgan fingerprint density at radius 3 is 2.41 bits per heavy atom. The summed E-state index contributed by atoms with van der Waals surface area (Å²) in [4.78, 5) is 30.0. The number of nitrogens with one attached hydrogen (secondary N) is 1. The lowest BCUT2D eigenvalue weighted by Gasteiger charge is -2.24. The van der Waals surface area contributed by atoms with Crippen LogP contribution >= 0.6 is 0 Å². The highest BCUT2D eigenvalue weighted by molar-refractivity contribution is 5.83. The molecule has 0 fully saturated rings. The van der Waals surface area contributed by atoms with E-state index in [-0.39, 0.29) is 23.6 Å². The number of carbonyl (C=O) groups is 2. The van der Waals surface area contributed by atoms with Crippen molar-refractivity contribution in [2.45, 2.75) is 38.8 Å². The molecule has 0 aliphatic heterocycles. The highest BCUT2D eigenvalue weighted by Gasteiger charge is 2.27.